The number of carboxylic acids is 1. The van der Waals surface area contributed by atoms with E-state index >= 15 is 0 Å². The number of amides is 1. The summed E-state index contributed by atoms with van der Waals surface area (Å²) in [6.45, 7) is 3.74. The lowest BCUT2D eigenvalue weighted by Gasteiger charge is -2.19. The van der Waals surface area contributed by atoms with Crippen LogP contribution in [0.1, 0.15) is 25.1 Å². The molecule has 1 heterocycles. The van der Waals surface area contributed by atoms with Gasteiger partial charge in [0.05, 0.1) is 10.8 Å². The van der Waals surface area contributed by atoms with Gasteiger partial charge in [0, 0.05) is 17.0 Å². The van der Waals surface area contributed by atoms with Crippen molar-refractivity contribution in [3.05, 3.63) is 27.4 Å². The quantitative estimate of drug-likeness (QED) is 0.794. The molecule has 0 saturated heterocycles. The van der Waals surface area contributed by atoms with Crippen molar-refractivity contribution in [3.63, 3.8) is 0 Å². The third-order valence-corrected chi connectivity index (χ3v) is 3.72. The van der Waals surface area contributed by atoms with Gasteiger partial charge in [-0.05, 0) is 24.1 Å². The molecule has 0 bridgehead atoms. The van der Waals surface area contributed by atoms with Crippen molar-refractivity contribution in [1.29, 1.82) is 0 Å². The van der Waals surface area contributed by atoms with E-state index in [1.807, 2.05) is 19.9 Å². The molecule has 0 aliphatic rings. The van der Waals surface area contributed by atoms with Crippen molar-refractivity contribution < 1.29 is 14.7 Å². The molecule has 2 N–H and O–H groups in total. The van der Waals surface area contributed by atoms with Gasteiger partial charge in [-0.1, -0.05) is 25.4 Å². The van der Waals surface area contributed by atoms with Crippen LogP contribution in [-0.4, -0.2) is 23.0 Å². The Labute approximate surface area is 121 Å². The fourth-order valence-electron chi connectivity index (χ4n) is 1.45. The Morgan fingerprint density at radius 3 is 2.63 bits per heavy atom. The Morgan fingerprint density at radius 2 is 2.16 bits per heavy atom. The molecule has 1 atom stereocenters. The van der Waals surface area contributed by atoms with Crippen LogP contribution >= 0.6 is 22.9 Å². The number of aliphatic carboxylic acids is 1. The van der Waals surface area contributed by atoms with E-state index in [1.165, 1.54) is 17.4 Å². The Bertz CT molecular complexity index is 482. The third kappa shape index (κ3) is 5.89. The molecule has 0 radical (unpaired) electrons. The first-order valence-electron chi connectivity index (χ1n) is 5.84. The maximum Gasteiger partial charge on any atom is 0.305 e. The molecule has 104 valence electrons. The summed E-state index contributed by atoms with van der Waals surface area (Å²) in [6, 6.07) is 3.20. The largest absolute Gasteiger partial charge is 0.481 e. The Balaban J connectivity index is 2.57. The van der Waals surface area contributed by atoms with Crippen LogP contribution in [0.25, 0.3) is 6.08 Å². The van der Waals surface area contributed by atoms with E-state index in [0.717, 1.165) is 4.88 Å². The Hall–Kier alpha value is -1.33. The van der Waals surface area contributed by atoms with Crippen LogP contribution in [0.4, 0.5) is 0 Å². The van der Waals surface area contributed by atoms with Gasteiger partial charge in [-0.2, -0.15) is 0 Å². The number of carboxylic acid groups (broad SMARTS) is 1. The molecule has 19 heavy (non-hydrogen) atoms. The lowest BCUT2D eigenvalue weighted by atomic mass is 10.0. The van der Waals surface area contributed by atoms with Crippen LogP contribution < -0.4 is 5.32 Å². The molecule has 0 aliphatic carbocycles. The van der Waals surface area contributed by atoms with Crippen LogP contribution in [0.2, 0.25) is 4.34 Å². The van der Waals surface area contributed by atoms with Crippen molar-refractivity contribution in [2.75, 3.05) is 0 Å². The predicted molar refractivity (Wildman–Crippen MR) is 77.4 cm³/mol. The van der Waals surface area contributed by atoms with Gasteiger partial charge in [0.1, 0.15) is 0 Å². The Kier molecular flexibility index (Phi) is 6.05. The maximum atomic E-state index is 11.7. The number of rotatable bonds is 6. The van der Waals surface area contributed by atoms with E-state index in [9.17, 15) is 9.59 Å². The number of carbonyl (C=O) groups excluding carboxylic acids is 1. The van der Waals surface area contributed by atoms with Gasteiger partial charge >= 0.3 is 5.97 Å². The summed E-state index contributed by atoms with van der Waals surface area (Å²) in [5, 5.41) is 11.5. The van der Waals surface area contributed by atoms with Gasteiger partial charge in [-0.25, -0.2) is 0 Å². The van der Waals surface area contributed by atoms with Crippen molar-refractivity contribution in [2.45, 2.75) is 26.3 Å². The minimum atomic E-state index is -0.923. The summed E-state index contributed by atoms with van der Waals surface area (Å²) in [7, 11) is 0. The van der Waals surface area contributed by atoms with E-state index in [-0.39, 0.29) is 24.3 Å². The molecule has 1 aromatic heterocycles. The molecule has 0 spiro atoms. The molecule has 6 heteroatoms. The lowest BCUT2D eigenvalue weighted by molar-refractivity contribution is -0.138. The fourth-order valence-corrected chi connectivity index (χ4v) is 2.41. The van der Waals surface area contributed by atoms with Crippen molar-refractivity contribution in [2.24, 2.45) is 5.92 Å². The number of nitrogens with one attached hydrogen (secondary N) is 1. The maximum absolute atomic E-state index is 11.7. The van der Waals surface area contributed by atoms with Crippen LogP contribution in [0, 0.1) is 5.92 Å². The highest BCUT2D eigenvalue weighted by Gasteiger charge is 2.18. The molecule has 1 amide bonds. The fraction of sp³-hybridized carbons (Fsp3) is 0.385. The molecule has 4 nitrogen and oxygen atoms in total. The molecule has 0 fully saturated rings. The molecule has 0 aromatic carbocycles. The van der Waals surface area contributed by atoms with Gasteiger partial charge in [0.25, 0.3) is 0 Å². The zero-order valence-electron chi connectivity index (χ0n) is 10.7. The second kappa shape index (κ2) is 7.31. The SMILES string of the molecule is CC(C)C(CC(=O)O)NC(=O)/C=C/c1ccc(Cl)s1. The standard InChI is InChI=1S/C13H16ClNO3S/c1-8(2)10(7-13(17)18)15-12(16)6-4-9-3-5-11(14)19-9/h3-6,8,10H,7H2,1-2H3,(H,15,16)(H,17,18)/b6-4+. The van der Waals surface area contributed by atoms with Gasteiger partial charge < -0.3 is 10.4 Å². The zero-order chi connectivity index (χ0) is 14.4. The van der Waals surface area contributed by atoms with Crippen LogP contribution in [-0.2, 0) is 9.59 Å². The summed E-state index contributed by atoms with van der Waals surface area (Å²) in [6.07, 6.45) is 2.96. The van der Waals surface area contributed by atoms with Crippen LogP contribution in [0.5, 0.6) is 0 Å². The van der Waals surface area contributed by atoms with Crippen molar-refractivity contribution >= 4 is 40.9 Å². The van der Waals surface area contributed by atoms with Crippen molar-refractivity contribution in [3.8, 4) is 0 Å². The number of hydrogen-bond acceptors (Lipinski definition) is 3. The van der Waals surface area contributed by atoms with Gasteiger partial charge in [0.15, 0.2) is 0 Å². The molecular weight excluding hydrogens is 286 g/mol. The lowest BCUT2D eigenvalue weighted by Crippen LogP contribution is -2.39. The number of carbonyl (C=O) groups is 2. The number of halogens is 1. The highest BCUT2D eigenvalue weighted by molar-refractivity contribution is 7.17. The normalized spacial score (nSPS) is 12.8. The highest BCUT2D eigenvalue weighted by Crippen LogP contribution is 2.22. The first-order chi connectivity index (χ1) is 8.88. The van der Waals surface area contributed by atoms with Crippen LogP contribution in [0.15, 0.2) is 18.2 Å². The van der Waals surface area contributed by atoms with Gasteiger partial charge in [0.2, 0.25) is 5.91 Å². The summed E-state index contributed by atoms with van der Waals surface area (Å²) >= 11 is 7.15. The first-order valence-corrected chi connectivity index (χ1v) is 7.03. The van der Waals surface area contributed by atoms with E-state index in [0.29, 0.717) is 4.34 Å². The smallest absolute Gasteiger partial charge is 0.305 e. The number of hydrogen-bond donors (Lipinski definition) is 2. The molecular formula is C13H16ClNO3S. The third-order valence-electron chi connectivity index (χ3n) is 2.52. The highest BCUT2D eigenvalue weighted by atomic mass is 35.5. The van der Waals surface area contributed by atoms with E-state index in [4.69, 9.17) is 16.7 Å². The van der Waals surface area contributed by atoms with Crippen LogP contribution in [0.3, 0.4) is 0 Å². The minimum Gasteiger partial charge on any atom is -0.481 e. The molecule has 1 rings (SSSR count). The Morgan fingerprint density at radius 1 is 1.47 bits per heavy atom. The monoisotopic (exact) mass is 301 g/mol. The van der Waals surface area contributed by atoms with Gasteiger partial charge in [-0.15, -0.1) is 11.3 Å². The minimum absolute atomic E-state index is 0.0598. The van der Waals surface area contributed by atoms with E-state index < -0.39 is 5.97 Å². The molecule has 0 saturated carbocycles. The van der Waals surface area contributed by atoms with Crippen molar-refractivity contribution in [1.82, 2.24) is 5.32 Å². The average Bonchev–Trinajstić information content (AvgIpc) is 2.71. The van der Waals surface area contributed by atoms with E-state index in [2.05, 4.69) is 5.32 Å². The molecule has 1 aromatic rings. The average molecular weight is 302 g/mol. The predicted octanol–water partition coefficient (Wildman–Crippen LogP) is 3.03. The van der Waals surface area contributed by atoms with E-state index in [1.54, 1.807) is 12.1 Å². The summed E-state index contributed by atoms with van der Waals surface area (Å²) in [5.41, 5.74) is 0. The summed E-state index contributed by atoms with van der Waals surface area (Å²) in [4.78, 5) is 23.3. The molecule has 0 aliphatic heterocycles. The second-order valence-electron chi connectivity index (χ2n) is 4.43. The first kappa shape index (κ1) is 15.7. The zero-order valence-corrected chi connectivity index (χ0v) is 12.3. The molecule has 1 unspecified atom stereocenters. The van der Waals surface area contributed by atoms with Gasteiger partial charge in [-0.3, -0.25) is 9.59 Å². The topological polar surface area (TPSA) is 66.4 Å². The second-order valence-corrected chi connectivity index (χ2v) is 6.18. The summed E-state index contributed by atoms with van der Waals surface area (Å²) < 4.78 is 0.658. The summed E-state index contributed by atoms with van der Waals surface area (Å²) in [5.74, 6) is -1.16. The number of thiophene rings is 1.